The van der Waals surface area contributed by atoms with Crippen LogP contribution < -0.4 is 5.32 Å². The van der Waals surface area contributed by atoms with E-state index in [-0.39, 0.29) is 6.04 Å². The highest BCUT2D eigenvalue weighted by Gasteiger charge is 2.38. The standard InChI is InChI=1S/C27H25ClN2/c1-3-30-24-10-5-4-7-19(24)22-15-17(11-14-25(22)30)27-20-9-6-8-18(20)21-12-13-23(28)16(2)26(21)29-27/h4-8,10-15,18,20,27,29H,3,9H2,1-2H3. The molecule has 0 spiro atoms. The average molecular weight is 413 g/mol. The number of anilines is 1. The van der Waals surface area contributed by atoms with Gasteiger partial charge in [-0.1, -0.05) is 54.1 Å². The first-order chi connectivity index (χ1) is 14.7. The summed E-state index contributed by atoms with van der Waals surface area (Å²) in [5, 5.41) is 7.42. The lowest BCUT2D eigenvalue weighted by Gasteiger charge is -2.38. The molecule has 0 saturated heterocycles. The van der Waals surface area contributed by atoms with Crippen molar-refractivity contribution >= 4 is 39.1 Å². The van der Waals surface area contributed by atoms with E-state index in [2.05, 4.69) is 84.4 Å². The van der Waals surface area contributed by atoms with E-state index in [1.165, 1.54) is 38.6 Å². The Morgan fingerprint density at radius 3 is 2.73 bits per heavy atom. The maximum atomic E-state index is 6.48. The van der Waals surface area contributed by atoms with E-state index in [1.54, 1.807) is 0 Å². The average Bonchev–Trinajstić information content (AvgIpc) is 3.38. The van der Waals surface area contributed by atoms with Gasteiger partial charge in [-0.15, -0.1) is 0 Å². The third kappa shape index (κ3) is 2.43. The molecular formula is C27H25ClN2. The van der Waals surface area contributed by atoms with Gasteiger partial charge in [-0.05, 0) is 67.1 Å². The fraction of sp³-hybridized carbons (Fsp3) is 0.259. The lowest BCUT2D eigenvalue weighted by Crippen LogP contribution is -2.29. The van der Waals surface area contributed by atoms with E-state index in [9.17, 15) is 0 Å². The predicted molar refractivity (Wildman–Crippen MR) is 128 cm³/mol. The molecule has 0 bridgehead atoms. The van der Waals surface area contributed by atoms with E-state index in [4.69, 9.17) is 11.6 Å². The number of aryl methyl sites for hydroxylation is 1. The van der Waals surface area contributed by atoms with Crippen molar-refractivity contribution in [2.45, 2.75) is 38.8 Å². The van der Waals surface area contributed by atoms with Crippen molar-refractivity contribution in [3.05, 3.63) is 88.5 Å². The Labute approximate surface area is 182 Å². The molecule has 0 saturated carbocycles. The number of fused-ring (bicyclic) bond motifs is 6. The quantitative estimate of drug-likeness (QED) is 0.335. The topological polar surface area (TPSA) is 17.0 Å². The third-order valence-corrected chi connectivity index (χ3v) is 7.61. The van der Waals surface area contributed by atoms with E-state index >= 15 is 0 Å². The van der Waals surface area contributed by atoms with Gasteiger partial charge in [0.05, 0.1) is 6.04 Å². The molecule has 30 heavy (non-hydrogen) atoms. The van der Waals surface area contributed by atoms with Gasteiger partial charge in [0.25, 0.3) is 0 Å². The summed E-state index contributed by atoms with van der Waals surface area (Å²) in [6.07, 6.45) is 5.86. The molecule has 3 atom stereocenters. The van der Waals surface area contributed by atoms with Crippen molar-refractivity contribution in [1.29, 1.82) is 0 Å². The van der Waals surface area contributed by atoms with Crippen LogP contribution in [0.1, 0.15) is 42.0 Å². The lowest BCUT2D eigenvalue weighted by molar-refractivity contribution is 0.425. The number of benzene rings is 3. The van der Waals surface area contributed by atoms with Gasteiger partial charge in [0.2, 0.25) is 0 Å². The minimum atomic E-state index is 0.280. The largest absolute Gasteiger partial charge is 0.377 e. The molecule has 3 aromatic carbocycles. The number of hydrogen-bond donors (Lipinski definition) is 1. The number of allylic oxidation sites excluding steroid dienone is 2. The monoisotopic (exact) mass is 412 g/mol. The summed E-state index contributed by atoms with van der Waals surface area (Å²) in [5.41, 5.74) is 7.76. The number of hydrogen-bond acceptors (Lipinski definition) is 1. The van der Waals surface area contributed by atoms with Crippen molar-refractivity contribution in [2.75, 3.05) is 5.32 Å². The van der Waals surface area contributed by atoms with Gasteiger partial charge >= 0.3 is 0 Å². The van der Waals surface area contributed by atoms with Crippen LogP contribution in [-0.2, 0) is 6.54 Å². The zero-order valence-electron chi connectivity index (χ0n) is 17.3. The number of rotatable bonds is 2. The summed E-state index contributed by atoms with van der Waals surface area (Å²) in [5.74, 6) is 0.991. The van der Waals surface area contributed by atoms with Gasteiger partial charge in [0.15, 0.2) is 0 Å². The van der Waals surface area contributed by atoms with Crippen molar-refractivity contribution in [2.24, 2.45) is 5.92 Å². The summed E-state index contributed by atoms with van der Waals surface area (Å²) in [6.45, 7) is 5.33. The highest BCUT2D eigenvalue weighted by atomic mass is 35.5. The van der Waals surface area contributed by atoms with E-state index in [0.717, 1.165) is 23.6 Å². The van der Waals surface area contributed by atoms with Crippen LogP contribution in [0.4, 0.5) is 5.69 Å². The second-order valence-corrected chi connectivity index (χ2v) is 9.06. The Bertz CT molecular complexity index is 1330. The molecular weight excluding hydrogens is 388 g/mol. The van der Waals surface area contributed by atoms with Crippen LogP contribution in [0, 0.1) is 12.8 Å². The van der Waals surface area contributed by atoms with Gasteiger partial charge in [0.1, 0.15) is 0 Å². The summed E-state index contributed by atoms with van der Waals surface area (Å²) in [6, 6.07) is 20.4. The van der Waals surface area contributed by atoms with Crippen molar-refractivity contribution < 1.29 is 0 Å². The Morgan fingerprint density at radius 2 is 1.87 bits per heavy atom. The molecule has 1 N–H and O–H groups in total. The smallest absolute Gasteiger partial charge is 0.0554 e. The Balaban J connectivity index is 1.53. The molecule has 0 radical (unpaired) electrons. The lowest BCUT2D eigenvalue weighted by atomic mass is 9.76. The SMILES string of the molecule is CCn1c2ccccc2c2cc(C3Nc4c(ccc(Cl)c4C)C4C=CCC43)ccc21. The van der Waals surface area contributed by atoms with Crippen LogP contribution >= 0.6 is 11.6 Å². The second kappa shape index (κ2) is 6.65. The summed E-state index contributed by atoms with van der Waals surface area (Å²) in [7, 11) is 0. The Kier molecular flexibility index (Phi) is 4.01. The third-order valence-electron chi connectivity index (χ3n) is 7.20. The Morgan fingerprint density at radius 1 is 1.03 bits per heavy atom. The van der Waals surface area contributed by atoms with Crippen LogP contribution in [0.15, 0.2) is 66.7 Å². The van der Waals surface area contributed by atoms with Gasteiger partial charge in [0, 0.05) is 45.0 Å². The Hall–Kier alpha value is -2.71. The maximum absolute atomic E-state index is 6.48. The number of nitrogens with one attached hydrogen (secondary N) is 1. The summed E-state index contributed by atoms with van der Waals surface area (Å²) in [4.78, 5) is 0. The molecule has 2 heterocycles. The number of nitrogens with zero attached hydrogens (tertiary/aromatic N) is 1. The highest BCUT2D eigenvalue weighted by Crippen LogP contribution is 2.51. The predicted octanol–water partition coefficient (Wildman–Crippen LogP) is 7.60. The van der Waals surface area contributed by atoms with Crippen molar-refractivity contribution in [1.82, 2.24) is 4.57 Å². The molecule has 150 valence electrons. The van der Waals surface area contributed by atoms with Crippen LogP contribution in [-0.4, -0.2) is 4.57 Å². The molecule has 3 unspecified atom stereocenters. The van der Waals surface area contributed by atoms with Crippen LogP contribution in [0.25, 0.3) is 21.8 Å². The van der Waals surface area contributed by atoms with E-state index < -0.39 is 0 Å². The molecule has 2 nitrogen and oxygen atoms in total. The maximum Gasteiger partial charge on any atom is 0.0554 e. The van der Waals surface area contributed by atoms with E-state index in [0.29, 0.717) is 11.8 Å². The van der Waals surface area contributed by atoms with Crippen LogP contribution in [0.3, 0.4) is 0 Å². The van der Waals surface area contributed by atoms with Gasteiger partial charge in [-0.25, -0.2) is 0 Å². The number of halogens is 1. The van der Waals surface area contributed by atoms with Crippen LogP contribution in [0.2, 0.25) is 5.02 Å². The molecule has 3 heteroatoms. The minimum Gasteiger partial charge on any atom is -0.377 e. The highest BCUT2D eigenvalue weighted by molar-refractivity contribution is 6.31. The van der Waals surface area contributed by atoms with Crippen molar-refractivity contribution in [3.63, 3.8) is 0 Å². The van der Waals surface area contributed by atoms with Gasteiger partial charge in [-0.2, -0.15) is 0 Å². The molecule has 1 aliphatic carbocycles. The molecule has 0 fully saturated rings. The first kappa shape index (κ1) is 18.1. The fourth-order valence-corrected chi connectivity index (χ4v) is 5.88. The molecule has 2 aliphatic rings. The van der Waals surface area contributed by atoms with Gasteiger partial charge < -0.3 is 9.88 Å². The van der Waals surface area contributed by atoms with Crippen LogP contribution in [0.5, 0.6) is 0 Å². The number of aromatic nitrogens is 1. The van der Waals surface area contributed by atoms with Crippen molar-refractivity contribution in [3.8, 4) is 0 Å². The molecule has 0 amide bonds. The molecule has 4 aromatic rings. The molecule has 6 rings (SSSR count). The summed E-state index contributed by atoms with van der Waals surface area (Å²) < 4.78 is 2.42. The normalized spacial score (nSPS) is 22.3. The zero-order chi connectivity index (χ0) is 20.4. The fourth-order valence-electron chi connectivity index (χ4n) is 5.72. The molecule has 1 aliphatic heterocycles. The summed E-state index contributed by atoms with van der Waals surface area (Å²) >= 11 is 6.48. The first-order valence-corrected chi connectivity index (χ1v) is 11.3. The second-order valence-electron chi connectivity index (χ2n) is 8.65. The van der Waals surface area contributed by atoms with Gasteiger partial charge in [-0.3, -0.25) is 0 Å². The number of para-hydroxylation sites is 1. The van der Waals surface area contributed by atoms with E-state index in [1.807, 2.05) is 6.07 Å². The zero-order valence-corrected chi connectivity index (χ0v) is 18.1. The first-order valence-electron chi connectivity index (χ1n) is 10.9. The molecule has 1 aromatic heterocycles. The minimum absolute atomic E-state index is 0.280.